The first-order valence-electron chi connectivity index (χ1n) is 7.76. The number of H-pyrrole nitrogens is 1. The highest BCUT2D eigenvalue weighted by atomic mass is 19.4. The fourth-order valence-corrected chi connectivity index (χ4v) is 2.41. The molecule has 2 N–H and O–H groups in total. The van der Waals surface area contributed by atoms with Crippen molar-refractivity contribution in [2.75, 3.05) is 19.4 Å². The molecule has 28 heavy (non-hydrogen) atoms. The van der Waals surface area contributed by atoms with Crippen LogP contribution in [0.25, 0.3) is 11.0 Å². The molecule has 2 aromatic heterocycles. The number of carbonyl (C=O) groups is 1. The molecule has 6 nitrogen and oxygen atoms in total. The first-order valence-corrected chi connectivity index (χ1v) is 7.76. The maximum absolute atomic E-state index is 14.3. The minimum Gasteiger partial charge on any atom is -0.450 e. The van der Waals surface area contributed by atoms with Crippen LogP contribution in [0.3, 0.4) is 0 Å². The van der Waals surface area contributed by atoms with Crippen LogP contribution in [-0.2, 0) is 6.18 Å². The summed E-state index contributed by atoms with van der Waals surface area (Å²) in [5, 5.41) is 1.80. The Labute approximate surface area is 154 Å². The second kappa shape index (κ2) is 6.98. The Kier molecular flexibility index (Phi) is 4.84. The van der Waals surface area contributed by atoms with Crippen molar-refractivity contribution in [2.45, 2.75) is 6.18 Å². The van der Waals surface area contributed by atoms with Gasteiger partial charge in [0.25, 0.3) is 0 Å². The van der Waals surface area contributed by atoms with Gasteiger partial charge >= 0.3 is 12.2 Å². The summed E-state index contributed by atoms with van der Waals surface area (Å²) in [5.41, 5.74) is -1.42. The van der Waals surface area contributed by atoms with Gasteiger partial charge in [0, 0.05) is 44.3 Å². The van der Waals surface area contributed by atoms with Crippen molar-refractivity contribution < 1.29 is 31.5 Å². The molecule has 0 aliphatic rings. The third-order valence-corrected chi connectivity index (χ3v) is 3.71. The van der Waals surface area contributed by atoms with Gasteiger partial charge in [-0.3, -0.25) is 0 Å². The lowest BCUT2D eigenvalue weighted by Crippen LogP contribution is -2.27. The van der Waals surface area contributed by atoms with Crippen LogP contribution in [0.4, 0.5) is 32.4 Å². The van der Waals surface area contributed by atoms with Crippen LogP contribution in [0.1, 0.15) is 5.56 Å². The summed E-state index contributed by atoms with van der Waals surface area (Å²) in [6.07, 6.45) is -2.90. The number of urea groups is 1. The van der Waals surface area contributed by atoms with Crippen molar-refractivity contribution in [3.05, 3.63) is 47.8 Å². The van der Waals surface area contributed by atoms with Gasteiger partial charge in [0.1, 0.15) is 11.4 Å². The number of rotatable bonds is 3. The highest BCUT2D eigenvalue weighted by Gasteiger charge is 2.35. The molecule has 2 amide bonds. The van der Waals surface area contributed by atoms with E-state index in [2.05, 4.69) is 15.3 Å². The smallest absolute Gasteiger partial charge is 0.418 e. The third kappa shape index (κ3) is 3.68. The van der Waals surface area contributed by atoms with E-state index in [0.717, 1.165) is 29.3 Å². The molecule has 0 atom stereocenters. The van der Waals surface area contributed by atoms with Crippen molar-refractivity contribution in [3.63, 3.8) is 0 Å². The van der Waals surface area contributed by atoms with E-state index in [1.165, 1.54) is 14.1 Å². The second-order valence-electron chi connectivity index (χ2n) is 5.93. The molecule has 0 aliphatic heterocycles. The molecule has 2 heterocycles. The summed E-state index contributed by atoms with van der Waals surface area (Å²) < 4.78 is 73.3. The van der Waals surface area contributed by atoms with E-state index < -0.39 is 46.3 Å². The summed E-state index contributed by atoms with van der Waals surface area (Å²) in [5.74, 6) is -3.75. The Morgan fingerprint density at radius 1 is 1.21 bits per heavy atom. The minimum absolute atomic E-state index is 0.152. The van der Waals surface area contributed by atoms with E-state index in [4.69, 9.17) is 4.74 Å². The fourth-order valence-electron chi connectivity index (χ4n) is 2.41. The Balaban J connectivity index is 2.01. The molecule has 148 valence electrons. The number of nitrogens with one attached hydrogen (secondary N) is 2. The summed E-state index contributed by atoms with van der Waals surface area (Å²) in [4.78, 5) is 18.8. The number of halogens is 5. The zero-order chi connectivity index (χ0) is 20.6. The quantitative estimate of drug-likeness (QED) is 0.624. The average Bonchev–Trinajstić information content (AvgIpc) is 3.03. The Hall–Kier alpha value is -3.37. The number of pyridine rings is 1. The Morgan fingerprint density at radius 2 is 1.86 bits per heavy atom. The van der Waals surface area contributed by atoms with Gasteiger partial charge in [-0.05, 0) is 6.07 Å². The highest BCUT2D eigenvalue weighted by Crippen LogP contribution is 2.40. The van der Waals surface area contributed by atoms with E-state index in [9.17, 15) is 26.7 Å². The van der Waals surface area contributed by atoms with Gasteiger partial charge in [0.05, 0.1) is 10.9 Å². The molecule has 0 saturated heterocycles. The largest absolute Gasteiger partial charge is 0.450 e. The first-order chi connectivity index (χ1) is 13.1. The predicted molar refractivity (Wildman–Crippen MR) is 90.2 cm³/mol. The van der Waals surface area contributed by atoms with Crippen LogP contribution in [0.15, 0.2) is 30.6 Å². The number of benzene rings is 1. The summed E-state index contributed by atoms with van der Waals surface area (Å²) in [6, 6.07) is 2.02. The number of hydrogen-bond acceptors (Lipinski definition) is 3. The van der Waals surface area contributed by atoms with E-state index >= 15 is 0 Å². The van der Waals surface area contributed by atoms with Gasteiger partial charge in [0.2, 0.25) is 0 Å². The molecular formula is C17H13F5N4O2. The van der Waals surface area contributed by atoms with Crippen LogP contribution in [-0.4, -0.2) is 35.0 Å². The molecule has 0 unspecified atom stereocenters. The number of hydrogen-bond donors (Lipinski definition) is 2. The van der Waals surface area contributed by atoms with E-state index in [0.29, 0.717) is 6.20 Å². The van der Waals surface area contributed by atoms with Crippen molar-refractivity contribution >= 4 is 22.8 Å². The van der Waals surface area contributed by atoms with E-state index in [-0.39, 0.29) is 11.3 Å². The summed E-state index contributed by atoms with van der Waals surface area (Å²) >= 11 is 0. The van der Waals surface area contributed by atoms with Gasteiger partial charge in [-0.15, -0.1) is 0 Å². The maximum atomic E-state index is 14.3. The third-order valence-electron chi connectivity index (χ3n) is 3.71. The van der Waals surface area contributed by atoms with Crippen molar-refractivity contribution in [2.24, 2.45) is 0 Å². The number of aromatic nitrogens is 2. The van der Waals surface area contributed by atoms with E-state index in [1.54, 1.807) is 0 Å². The van der Waals surface area contributed by atoms with Crippen LogP contribution >= 0.6 is 0 Å². The molecule has 0 radical (unpaired) electrons. The number of anilines is 1. The lowest BCUT2D eigenvalue weighted by atomic mass is 10.2. The zero-order valence-electron chi connectivity index (χ0n) is 14.5. The monoisotopic (exact) mass is 400 g/mol. The summed E-state index contributed by atoms with van der Waals surface area (Å²) in [6.45, 7) is 0. The highest BCUT2D eigenvalue weighted by molar-refractivity contribution is 5.89. The molecular weight excluding hydrogens is 387 g/mol. The molecule has 0 saturated carbocycles. The maximum Gasteiger partial charge on any atom is 0.418 e. The fraction of sp³-hybridized carbons (Fsp3) is 0.176. The van der Waals surface area contributed by atoms with Gasteiger partial charge in [-0.1, -0.05) is 0 Å². The van der Waals surface area contributed by atoms with E-state index in [1.807, 2.05) is 0 Å². The molecule has 3 rings (SSSR count). The van der Waals surface area contributed by atoms with Crippen molar-refractivity contribution in [1.82, 2.24) is 14.9 Å². The molecule has 0 aliphatic carbocycles. The predicted octanol–water partition coefficient (Wildman–Crippen LogP) is 4.75. The number of alkyl halides is 3. The molecule has 0 bridgehead atoms. The average molecular weight is 400 g/mol. The number of nitrogens with zero attached hydrogens (tertiary/aromatic N) is 2. The molecule has 11 heteroatoms. The molecule has 0 fully saturated rings. The minimum atomic E-state index is -4.73. The SMILES string of the molecule is CN(C)C(=O)Nc1cc(F)c(Oc2ccnc3[nH]cc(C(F)(F)F)c23)c(F)c1. The normalized spacial score (nSPS) is 11.5. The molecule has 1 aromatic carbocycles. The lowest BCUT2D eigenvalue weighted by Gasteiger charge is -2.14. The number of aromatic amines is 1. The van der Waals surface area contributed by atoms with Gasteiger partial charge < -0.3 is 19.9 Å². The van der Waals surface area contributed by atoms with Crippen LogP contribution < -0.4 is 10.1 Å². The van der Waals surface area contributed by atoms with Crippen molar-refractivity contribution in [3.8, 4) is 11.5 Å². The Morgan fingerprint density at radius 3 is 2.43 bits per heavy atom. The van der Waals surface area contributed by atoms with Crippen LogP contribution in [0.2, 0.25) is 0 Å². The zero-order valence-corrected chi connectivity index (χ0v) is 14.5. The first kappa shape index (κ1) is 19.4. The van der Waals surface area contributed by atoms with Crippen molar-refractivity contribution in [1.29, 1.82) is 0 Å². The lowest BCUT2D eigenvalue weighted by molar-refractivity contribution is -0.136. The summed E-state index contributed by atoms with van der Waals surface area (Å²) in [7, 11) is 2.87. The Bertz CT molecular complexity index is 1020. The number of fused-ring (bicyclic) bond motifs is 1. The van der Waals surface area contributed by atoms with Crippen LogP contribution in [0, 0.1) is 11.6 Å². The number of ether oxygens (including phenoxy) is 1. The molecule has 3 aromatic rings. The standard InChI is InChI=1S/C17H13F5N4O2/c1-26(2)16(27)25-8-5-10(18)14(11(19)6-8)28-12-3-4-23-15-13(12)9(7-24-15)17(20,21)22/h3-7H,1-2H3,(H,23,24)(H,25,27). The molecule has 0 spiro atoms. The van der Waals surface area contributed by atoms with Gasteiger partial charge in [0.15, 0.2) is 17.4 Å². The van der Waals surface area contributed by atoms with Gasteiger partial charge in [-0.25, -0.2) is 18.6 Å². The topological polar surface area (TPSA) is 70.2 Å². The number of carbonyl (C=O) groups excluding carboxylic acids is 1. The van der Waals surface area contributed by atoms with Crippen LogP contribution in [0.5, 0.6) is 11.5 Å². The number of amides is 2. The van der Waals surface area contributed by atoms with Gasteiger partial charge in [-0.2, -0.15) is 13.2 Å². The second-order valence-corrected chi connectivity index (χ2v) is 5.93.